The normalized spacial score (nSPS) is 10.6. The molecule has 1 aromatic heterocycles. The lowest BCUT2D eigenvalue weighted by molar-refractivity contribution is 0.104. The third kappa shape index (κ3) is 3.19. The summed E-state index contributed by atoms with van der Waals surface area (Å²) in [7, 11) is 1.51. The van der Waals surface area contributed by atoms with Crippen molar-refractivity contribution in [1.82, 2.24) is 4.98 Å². The lowest BCUT2D eigenvalue weighted by atomic mass is 10.1. The summed E-state index contributed by atoms with van der Waals surface area (Å²) in [5.41, 5.74) is 7.49. The van der Waals surface area contributed by atoms with Crippen molar-refractivity contribution in [2.24, 2.45) is 0 Å². The van der Waals surface area contributed by atoms with Crippen LogP contribution < -0.4 is 10.5 Å². The van der Waals surface area contributed by atoms with Crippen molar-refractivity contribution in [3.8, 4) is 5.75 Å². The van der Waals surface area contributed by atoms with E-state index in [2.05, 4.69) is 4.98 Å². The highest BCUT2D eigenvalue weighted by Crippen LogP contribution is 2.16. The van der Waals surface area contributed by atoms with Crippen LogP contribution in [0.3, 0.4) is 0 Å². The van der Waals surface area contributed by atoms with Crippen LogP contribution in [0.2, 0.25) is 0 Å². The van der Waals surface area contributed by atoms with Crippen LogP contribution in [0.25, 0.3) is 6.08 Å². The lowest BCUT2D eigenvalue weighted by Gasteiger charge is -2.03. The first-order chi connectivity index (χ1) is 9.20. The second-order valence-corrected chi connectivity index (χ2v) is 3.92. The summed E-state index contributed by atoms with van der Waals surface area (Å²) in [6.07, 6.45) is 4.75. The van der Waals surface area contributed by atoms with E-state index in [0.29, 0.717) is 17.1 Å². The fourth-order valence-corrected chi connectivity index (χ4v) is 1.60. The van der Waals surface area contributed by atoms with E-state index in [1.807, 2.05) is 12.1 Å². The van der Waals surface area contributed by atoms with Gasteiger partial charge >= 0.3 is 0 Å². The average Bonchev–Trinajstić information content (AvgIpc) is 2.46. The van der Waals surface area contributed by atoms with Gasteiger partial charge in [0, 0.05) is 11.9 Å². The Morgan fingerprint density at radius 2 is 2.00 bits per heavy atom. The zero-order chi connectivity index (χ0) is 13.7. The second kappa shape index (κ2) is 5.82. The van der Waals surface area contributed by atoms with Crippen molar-refractivity contribution in [2.75, 3.05) is 12.8 Å². The molecule has 1 aromatic carbocycles. The largest absolute Gasteiger partial charge is 0.494 e. The number of carbonyl (C=O) groups is 1. The predicted octanol–water partition coefficient (Wildman–Crippen LogP) is 2.57. The van der Waals surface area contributed by atoms with Gasteiger partial charge in [-0.15, -0.1) is 0 Å². The number of carbonyl (C=O) groups excluding carboxylic acids is 1. The molecule has 0 bridgehead atoms. The van der Waals surface area contributed by atoms with E-state index in [1.165, 1.54) is 13.2 Å². The van der Waals surface area contributed by atoms with Gasteiger partial charge in [0.05, 0.1) is 7.11 Å². The Kier molecular flexibility index (Phi) is 3.93. The molecule has 96 valence electrons. The number of ether oxygens (including phenoxy) is 1. The van der Waals surface area contributed by atoms with Crippen molar-refractivity contribution in [2.45, 2.75) is 0 Å². The summed E-state index contributed by atoms with van der Waals surface area (Å²) in [4.78, 5) is 16.0. The Balaban J connectivity index is 2.19. The number of nitrogens with zero attached hydrogens (tertiary/aromatic N) is 1. The Bertz CT molecular complexity index is 604. The number of nitrogens with two attached hydrogens (primary N) is 1. The molecule has 0 fully saturated rings. The van der Waals surface area contributed by atoms with Gasteiger partial charge in [-0.2, -0.15) is 0 Å². The topological polar surface area (TPSA) is 65.2 Å². The molecule has 4 nitrogen and oxygen atoms in total. The summed E-state index contributed by atoms with van der Waals surface area (Å²) >= 11 is 0. The van der Waals surface area contributed by atoms with E-state index in [0.717, 1.165) is 5.56 Å². The zero-order valence-corrected chi connectivity index (χ0v) is 10.5. The van der Waals surface area contributed by atoms with Crippen molar-refractivity contribution in [1.29, 1.82) is 0 Å². The maximum Gasteiger partial charge on any atom is 0.207 e. The van der Waals surface area contributed by atoms with Crippen molar-refractivity contribution >= 4 is 17.5 Å². The van der Waals surface area contributed by atoms with Crippen LogP contribution in [-0.4, -0.2) is 17.9 Å². The van der Waals surface area contributed by atoms with Crippen LogP contribution in [0, 0.1) is 0 Å². The number of ketones is 1. The molecule has 1 heterocycles. The molecule has 2 aromatic rings. The third-order valence-electron chi connectivity index (χ3n) is 2.59. The third-order valence-corrected chi connectivity index (χ3v) is 2.59. The fourth-order valence-electron chi connectivity index (χ4n) is 1.60. The molecule has 0 aliphatic rings. The second-order valence-electron chi connectivity index (χ2n) is 3.92. The number of hydrogen-bond acceptors (Lipinski definition) is 4. The van der Waals surface area contributed by atoms with Gasteiger partial charge in [-0.1, -0.05) is 18.2 Å². The van der Waals surface area contributed by atoms with Crippen molar-refractivity contribution in [3.63, 3.8) is 0 Å². The molecule has 0 unspecified atom stereocenters. The highest BCUT2D eigenvalue weighted by molar-refractivity contribution is 6.07. The van der Waals surface area contributed by atoms with Crippen LogP contribution in [-0.2, 0) is 0 Å². The van der Waals surface area contributed by atoms with E-state index in [9.17, 15) is 4.79 Å². The number of pyridine rings is 1. The van der Waals surface area contributed by atoms with E-state index in [4.69, 9.17) is 10.5 Å². The van der Waals surface area contributed by atoms with Gasteiger partial charge in [-0.25, -0.2) is 4.98 Å². The first kappa shape index (κ1) is 12.8. The molecule has 19 heavy (non-hydrogen) atoms. The van der Waals surface area contributed by atoms with Gasteiger partial charge in [0.25, 0.3) is 0 Å². The number of aromatic nitrogens is 1. The molecule has 0 saturated carbocycles. The van der Waals surface area contributed by atoms with E-state index in [-0.39, 0.29) is 5.78 Å². The Morgan fingerprint density at radius 1 is 1.26 bits per heavy atom. The molecule has 0 saturated heterocycles. The van der Waals surface area contributed by atoms with E-state index >= 15 is 0 Å². The Hall–Kier alpha value is -2.62. The lowest BCUT2D eigenvalue weighted by Crippen LogP contribution is -2.01. The molecule has 2 rings (SSSR count). The van der Waals surface area contributed by atoms with Gasteiger partial charge in [-0.05, 0) is 35.9 Å². The average molecular weight is 254 g/mol. The molecule has 4 heteroatoms. The fraction of sp³-hybridized carbons (Fsp3) is 0.0667. The van der Waals surface area contributed by atoms with Gasteiger partial charge in [-0.3, -0.25) is 4.79 Å². The Labute approximate surface area is 111 Å². The van der Waals surface area contributed by atoms with Crippen molar-refractivity contribution < 1.29 is 9.53 Å². The monoisotopic (exact) mass is 254 g/mol. The number of allylic oxidation sites excluding steroid dienone is 1. The molecular formula is C15H14N2O2. The summed E-state index contributed by atoms with van der Waals surface area (Å²) < 4.78 is 5.10. The summed E-state index contributed by atoms with van der Waals surface area (Å²) in [5, 5.41) is 0. The van der Waals surface area contributed by atoms with Crippen LogP contribution >= 0.6 is 0 Å². The SMILES string of the molecule is COc1cccnc1C(=O)/C=C/c1ccc(N)cc1. The minimum Gasteiger partial charge on any atom is -0.494 e. The molecular weight excluding hydrogens is 240 g/mol. The van der Waals surface area contributed by atoms with Crippen LogP contribution in [0.4, 0.5) is 5.69 Å². The number of methoxy groups -OCH3 is 1. The number of nitrogen functional groups attached to an aromatic ring is 1. The maximum absolute atomic E-state index is 12.0. The van der Waals surface area contributed by atoms with Crippen LogP contribution in [0.15, 0.2) is 48.7 Å². The molecule has 2 N–H and O–H groups in total. The van der Waals surface area contributed by atoms with Gasteiger partial charge in [0.15, 0.2) is 5.69 Å². The first-order valence-corrected chi connectivity index (χ1v) is 5.77. The maximum atomic E-state index is 12.0. The summed E-state index contributed by atoms with van der Waals surface area (Å²) in [6.45, 7) is 0. The Morgan fingerprint density at radius 3 is 2.68 bits per heavy atom. The van der Waals surface area contributed by atoms with Crippen LogP contribution in [0.1, 0.15) is 16.1 Å². The smallest absolute Gasteiger partial charge is 0.207 e. The minimum absolute atomic E-state index is 0.200. The van der Waals surface area contributed by atoms with Gasteiger partial charge in [0.2, 0.25) is 5.78 Å². The predicted molar refractivity (Wildman–Crippen MR) is 75.0 cm³/mol. The molecule has 0 amide bonds. The molecule has 0 atom stereocenters. The number of rotatable bonds is 4. The highest BCUT2D eigenvalue weighted by Gasteiger charge is 2.09. The summed E-state index contributed by atoms with van der Waals surface area (Å²) in [5.74, 6) is 0.267. The number of benzene rings is 1. The first-order valence-electron chi connectivity index (χ1n) is 5.77. The molecule has 0 radical (unpaired) electrons. The van der Waals surface area contributed by atoms with Gasteiger partial charge in [0.1, 0.15) is 5.75 Å². The summed E-state index contributed by atoms with van der Waals surface area (Å²) in [6, 6.07) is 10.7. The van der Waals surface area contributed by atoms with Crippen molar-refractivity contribution in [3.05, 3.63) is 59.9 Å². The van der Waals surface area contributed by atoms with E-state index in [1.54, 1.807) is 36.5 Å². The van der Waals surface area contributed by atoms with Gasteiger partial charge < -0.3 is 10.5 Å². The minimum atomic E-state index is -0.200. The molecule has 0 spiro atoms. The quantitative estimate of drug-likeness (QED) is 0.517. The highest BCUT2D eigenvalue weighted by atomic mass is 16.5. The zero-order valence-electron chi connectivity index (χ0n) is 10.5. The number of hydrogen-bond donors (Lipinski definition) is 1. The molecule has 0 aliphatic heterocycles. The standard InChI is InChI=1S/C15H14N2O2/c1-19-14-3-2-10-17-15(14)13(18)9-6-11-4-7-12(16)8-5-11/h2-10H,16H2,1H3/b9-6+. The van der Waals surface area contributed by atoms with Crippen LogP contribution in [0.5, 0.6) is 5.75 Å². The van der Waals surface area contributed by atoms with E-state index < -0.39 is 0 Å². The molecule has 0 aliphatic carbocycles. The number of anilines is 1.